The molecule has 4 rings (SSSR count). The Morgan fingerprint density at radius 1 is 1.03 bits per heavy atom. The van der Waals surface area contributed by atoms with Crippen LogP contribution in [0.3, 0.4) is 0 Å². The summed E-state index contributed by atoms with van der Waals surface area (Å²) in [5.74, 6) is 1.26. The third kappa shape index (κ3) is 5.18. The van der Waals surface area contributed by atoms with E-state index in [0.29, 0.717) is 40.1 Å². The molecule has 0 amide bonds. The fourth-order valence-corrected chi connectivity index (χ4v) is 3.76. The van der Waals surface area contributed by atoms with Crippen molar-refractivity contribution in [1.82, 2.24) is 14.8 Å². The zero-order chi connectivity index (χ0) is 22.7. The van der Waals surface area contributed by atoms with Crippen molar-refractivity contribution >= 4 is 29.0 Å². The molecule has 0 unspecified atom stereocenters. The van der Waals surface area contributed by atoms with Gasteiger partial charge in [0.05, 0.1) is 11.9 Å². The fraction of sp³-hybridized carbons (Fsp3) is 0.160. The first-order valence-electron chi connectivity index (χ1n) is 10.1. The van der Waals surface area contributed by atoms with Crippen LogP contribution in [0.5, 0.6) is 11.5 Å². The Morgan fingerprint density at radius 3 is 2.44 bits per heavy atom. The van der Waals surface area contributed by atoms with Gasteiger partial charge in [-0.3, -0.25) is 14.5 Å². The lowest BCUT2D eigenvalue weighted by molar-refractivity contribution is -0.117. The lowest BCUT2D eigenvalue weighted by Gasteiger charge is -2.10. The van der Waals surface area contributed by atoms with Crippen molar-refractivity contribution in [1.29, 1.82) is 0 Å². The van der Waals surface area contributed by atoms with Gasteiger partial charge in [0.1, 0.15) is 22.3 Å². The second-order valence-electron chi connectivity index (χ2n) is 7.60. The standard InChI is InChI=1S/C25H21Cl2N3O2/c1-16-11-18(5-8-22(16)26)13-20(31)12-17-3-6-21(7-4-17)32-23-9-10-28-25(24(23)27)19-14-29-30(2)15-19/h3-11,14-15H,12-13H2,1-2H3. The first-order chi connectivity index (χ1) is 15.4. The van der Waals surface area contributed by atoms with E-state index in [2.05, 4.69) is 10.1 Å². The van der Waals surface area contributed by atoms with E-state index < -0.39 is 0 Å². The molecular weight excluding hydrogens is 445 g/mol. The SMILES string of the molecule is Cc1cc(CC(=O)Cc2ccc(Oc3ccnc(-c4cnn(C)c4)c3Cl)cc2)ccc1Cl. The molecule has 4 aromatic rings. The van der Waals surface area contributed by atoms with Crippen LogP contribution in [0.2, 0.25) is 10.0 Å². The van der Waals surface area contributed by atoms with Crippen molar-refractivity contribution in [3.63, 3.8) is 0 Å². The minimum atomic E-state index is 0.138. The molecule has 32 heavy (non-hydrogen) atoms. The van der Waals surface area contributed by atoms with Gasteiger partial charge in [0.2, 0.25) is 0 Å². The highest BCUT2D eigenvalue weighted by molar-refractivity contribution is 6.34. The summed E-state index contributed by atoms with van der Waals surface area (Å²) in [6.07, 6.45) is 5.92. The number of rotatable bonds is 7. The number of hydrogen-bond acceptors (Lipinski definition) is 4. The van der Waals surface area contributed by atoms with Gasteiger partial charge in [-0.25, -0.2) is 0 Å². The van der Waals surface area contributed by atoms with Gasteiger partial charge in [-0.15, -0.1) is 0 Å². The second-order valence-corrected chi connectivity index (χ2v) is 8.38. The van der Waals surface area contributed by atoms with Gasteiger partial charge in [-0.05, 0) is 41.8 Å². The summed E-state index contributed by atoms with van der Waals surface area (Å²) in [6.45, 7) is 1.93. The molecule has 0 aliphatic heterocycles. The molecule has 0 radical (unpaired) electrons. The first kappa shape index (κ1) is 22.1. The van der Waals surface area contributed by atoms with E-state index >= 15 is 0 Å². The number of aromatic nitrogens is 3. The zero-order valence-corrected chi connectivity index (χ0v) is 19.2. The van der Waals surface area contributed by atoms with Gasteiger partial charge in [0.15, 0.2) is 0 Å². The number of carbonyl (C=O) groups is 1. The Morgan fingerprint density at radius 2 is 1.75 bits per heavy atom. The third-order valence-corrected chi connectivity index (χ3v) is 5.80. The Balaban J connectivity index is 1.42. The summed E-state index contributed by atoms with van der Waals surface area (Å²) in [5, 5.41) is 5.28. The number of aryl methyl sites for hydroxylation is 2. The number of ketones is 1. The van der Waals surface area contributed by atoms with Crippen LogP contribution in [0, 0.1) is 6.92 Å². The molecule has 0 saturated heterocycles. The Labute approximate surface area is 196 Å². The number of nitrogens with zero attached hydrogens (tertiary/aromatic N) is 3. The highest BCUT2D eigenvalue weighted by atomic mass is 35.5. The molecule has 7 heteroatoms. The van der Waals surface area contributed by atoms with Crippen molar-refractivity contribution in [2.24, 2.45) is 7.05 Å². The van der Waals surface area contributed by atoms with E-state index in [4.69, 9.17) is 27.9 Å². The van der Waals surface area contributed by atoms with Crippen molar-refractivity contribution in [2.45, 2.75) is 19.8 Å². The van der Waals surface area contributed by atoms with E-state index in [0.717, 1.165) is 22.3 Å². The normalized spacial score (nSPS) is 10.9. The average molecular weight is 466 g/mol. The molecule has 2 aromatic carbocycles. The van der Waals surface area contributed by atoms with Crippen LogP contribution in [-0.4, -0.2) is 20.5 Å². The molecule has 0 bridgehead atoms. The Kier molecular flexibility index (Phi) is 6.58. The highest BCUT2D eigenvalue weighted by Crippen LogP contribution is 2.35. The van der Waals surface area contributed by atoms with Gasteiger partial charge in [-0.2, -0.15) is 5.10 Å². The summed E-state index contributed by atoms with van der Waals surface area (Å²) in [4.78, 5) is 16.8. The van der Waals surface area contributed by atoms with Crippen LogP contribution in [0.1, 0.15) is 16.7 Å². The van der Waals surface area contributed by atoms with Crippen molar-refractivity contribution in [3.8, 4) is 22.8 Å². The molecule has 2 heterocycles. The molecule has 5 nitrogen and oxygen atoms in total. The number of carbonyl (C=O) groups excluding carboxylic acids is 1. The summed E-state index contributed by atoms with van der Waals surface area (Å²) in [7, 11) is 1.83. The quantitative estimate of drug-likeness (QED) is 0.323. The number of halogens is 2. The van der Waals surface area contributed by atoms with Crippen molar-refractivity contribution in [3.05, 3.63) is 93.9 Å². The monoisotopic (exact) mass is 465 g/mol. The van der Waals surface area contributed by atoms with Gasteiger partial charge in [0.25, 0.3) is 0 Å². The first-order valence-corrected chi connectivity index (χ1v) is 10.8. The fourth-order valence-electron chi connectivity index (χ4n) is 3.39. The predicted molar refractivity (Wildman–Crippen MR) is 127 cm³/mol. The third-order valence-electron chi connectivity index (χ3n) is 5.01. The van der Waals surface area contributed by atoms with E-state index in [-0.39, 0.29) is 5.78 Å². The zero-order valence-electron chi connectivity index (χ0n) is 17.7. The molecular formula is C25H21Cl2N3O2. The summed E-state index contributed by atoms with van der Waals surface area (Å²) in [5.41, 5.74) is 4.28. The van der Waals surface area contributed by atoms with Crippen LogP contribution in [0.4, 0.5) is 0 Å². The van der Waals surface area contributed by atoms with Crippen molar-refractivity contribution < 1.29 is 9.53 Å². The minimum Gasteiger partial charge on any atom is -0.456 e. The highest BCUT2D eigenvalue weighted by Gasteiger charge is 2.13. The molecule has 0 aliphatic rings. The van der Waals surface area contributed by atoms with Gasteiger partial charge < -0.3 is 4.74 Å². The van der Waals surface area contributed by atoms with E-state index in [1.807, 2.05) is 62.6 Å². The topological polar surface area (TPSA) is 57.0 Å². The second kappa shape index (κ2) is 9.55. The van der Waals surface area contributed by atoms with Crippen LogP contribution in [0.25, 0.3) is 11.3 Å². The predicted octanol–water partition coefficient (Wildman–Crippen LogP) is 6.24. The number of pyridine rings is 1. The molecule has 0 fully saturated rings. The summed E-state index contributed by atoms with van der Waals surface area (Å²) in [6, 6.07) is 14.8. The summed E-state index contributed by atoms with van der Waals surface area (Å²) < 4.78 is 7.65. The van der Waals surface area contributed by atoms with Gasteiger partial charge in [0, 0.05) is 48.9 Å². The van der Waals surface area contributed by atoms with Crippen LogP contribution in [0.15, 0.2) is 67.1 Å². The van der Waals surface area contributed by atoms with Gasteiger partial charge in [-0.1, -0.05) is 47.5 Å². The molecule has 0 atom stereocenters. The Bertz CT molecular complexity index is 1270. The molecule has 0 saturated carbocycles. The maximum Gasteiger partial charge on any atom is 0.149 e. The molecule has 0 N–H and O–H groups in total. The Hall–Kier alpha value is -3.15. The van der Waals surface area contributed by atoms with E-state index in [1.165, 1.54) is 0 Å². The van der Waals surface area contributed by atoms with Gasteiger partial charge >= 0.3 is 0 Å². The maximum absolute atomic E-state index is 12.5. The number of Topliss-reactive ketones (excluding diaryl/α,β-unsaturated/α-hetero) is 1. The van der Waals surface area contributed by atoms with E-state index in [9.17, 15) is 4.79 Å². The molecule has 2 aromatic heterocycles. The lowest BCUT2D eigenvalue weighted by Crippen LogP contribution is -2.06. The van der Waals surface area contributed by atoms with Crippen LogP contribution < -0.4 is 4.74 Å². The number of benzene rings is 2. The average Bonchev–Trinajstić information content (AvgIpc) is 3.19. The largest absolute Gasteiger partial charge is 0.456 e. The van der Waals surface area contributed by atoms with E-state index in [1.54, 1.807) is 23.1 Å². The minimum absolute atomic E-state index is 0.138. The number of hydrogen-bond donors (Lipinski definition) is 0. The molecule has 0 spiro atoms. The molecule has 162 valence electrons. The lowest BCUT2D eigenvalue weighted by atomic mass is 10.0. The number of ether oxygens (including phenoxy) is 1. The smallest absolute Gasteiger partial charge is 0.149 e. The maximum atomic E-state index is 12.5. The van der Waals surface area contributed by atoms with Crippen LogP contribution in [-0.2, 0) is 24.7 Å². The molecule has 0 aliphatic carbocycles. The van der Waals surface area contributed by atoms with Crippen molar-refractivity contribution in [2.75, 3.05) is 0 Å². The summed E-state index contributed by atoms with van der Waals surface area (Å²) >= 11 is 12.6. The van der Waals surface area contributed by atoms with Crippen LogP contribution >= 0.6 is 23.2 Å².